The highest BCUT2D eigenvalue weighted by molar-refractivity contribution is 6.07. The number of rotatable bonds is 7. The highest BCUT2D eigenvalue weighted by atomic mass is 16.5. The van der Waals surface area contributed by atoms with Crippen molar-refractivity contribution in [3.8, 4) is 0 Å². The number of Topliss-reactive ketones (excluding diaryl/α,β-unsaturated/α-hetero) is 1. The molecular formula is C20H26N2O5. The first-order chi connectivity index (χ1) is 12.8. The van der Waals surface area contributed by atoms with Gasteiger partial charge in [-0.1, -0.05) is 0 Å². The molecule has 7 heteroatoms. The third-order valence-electron chi connectivity index (χ3n) is 4.83. The Morgan fingerprint density at radius 1 is 1.26 bits per heavy atom. The largest absolute Gasteiger partial charge is 0.461 e. The molecule has 2 aromatic rings. The Hall–Kier alpha value is -2.83. The molecule has 1 unspecified atom stereocenters. The van der Waals surface area contributed by atoms with Gasteiger partial charge in [0.15, 0.2) is 11.5 Å². The molecule has 2 rings (SSSR count). The van der Waals surface area contributed by atoms with Crippen molar-refractivity contribution in [3.05, 3.63) is 46.7 Å². The van der Waals surface area contributed by atoms with Crippen molar-refractivity contribution in [2.45, 2.75) is 40.7 Å². The molecule has 0 aromatic carbocycles. The molecule has 0 spiro atoms. The second-order valence-electron chi connectivity index (χ2n) is 6.32. The smallest absolute Gasteiger partial charge is 0.355 e. The zero-order valence-corrected chi connectivity index (χ0v) is 16.7. The number of carbonyl (C=O) groups excluding carboxylic acids is 3. The number of aromatic nitrogens is 1. The lowest BCUT2D eigenvalue weighted by atomic mass is 9.99. The number of ketones is 1. The molecule has 0 aliphatic carbocycles. The van der Waals surface area contributed by atoms with E-state index in [1.165, 1.54) is 11.2 Å². The van der Waals surface area contributed by atoms with Crippen LogP contribution in [0.3, 0.4) is 0 Å². The Bertz CT molecular complexity index is 848. The predicted molar refractivity (Wildman–Crippen MR) is 100 cm³/mol. The van der Waals surface area contributed by atoms with E-state index in [1.807, 2.05) is 0 Å². The number of ether oxygens (including phenoxy) is 1. The van der Waals surface area contributed by atoms with Crippen LogP contribution in [0.25, 0.3) is 0 Å². The minimum atomic E-state index is -0.706. The monoisotopic (exact) mass is 374 g/mol. The highest BCUT2D eigenvalue weighted by Gasteiger charge is 2.32. The van der Waals surface area contributed by atoms with Gasteiger partial charge >= 0.3 is 5.97 Å². The third-order valence-corrected chi connectivity index (χ3v) is 4.83. The van der Waals surface area contributed by atoms with Gasteiger partial charge in [0, 0.05) is 24.8 Å². The fourth-order valence-electron chi connectivity index (χ4n) is 3.31. The fraction of sp³-hybridized carbons (Fsp3) is 0.450. The molecule has 146 valence electrons. The highest BCUT2D eigenvalue weighted by Crippen LogP contribution is 2.25. The molecule has 7 nitrogen and oxygen atoms in total. The van der Waals surface area contributed by atoms with E-state index in [9.17, 15) is 14.4 Å². The SMILES string of the molecule is CCOC(=O)c1c(C)c(C(=O)C(C)N(CC)C(=O)c2ccco2)c(C)n1C. The number of hydrogen-bond acceptors (Lipinski definition) is 5. The van der Waals surface area contributed by atoms with Crippen LogP contribution >= 0.6 is 0 Å². The van der Waals surface area contributed by atoms with Crippen LogP contribution in [0.15, 0.2) is 22.8 Å². The Labute approximate surface area is 158 Å². The lowest BCUT2D eigenvalue weighted by Gasteiger charge is -2.26. The summed E-state index contributed by atoms with van der Waals surface area (Å²) in [5.41, 5.74) is 2.02. The first-order valence-corrected chi connectivity index (χ1v) is 8.97. The molecule has 0 N–H and O–H groups in total. The second kappa shape index (κ2) is 8.24. The van der Waals surface area contributed by atoms with Crippen LogP contribution < -0.4 is 0 Å². The summed E-state index contributed by atoms with van der Waals surface area (Å²) in [6.07, 6.45) is 1.42. The summed E-state index contributed by atoms with van der Waals surface area (Å²) in [5, 5.41) is 0. The lowest BCUT2D eigenvalue weighted by Crippen LogP contribution is -2.43. The first kappa shape index (κ1) is 20.5. The molecule has 0 aliphatic heterocycles. The molecule has 2 aromatic heterocycles. The van der Waals surface area contributed by atoms with Crippen LogP contribution in [0, 0.1) is 13.8 Å². The molecule has 0 saturated carbocycles. The summed E-state index contributed by atoms with van der Waals surface area (Å²) in [5.74, 6) is -0.852. The van der Waals surface area contributed by atoms with Crippen molar-refractivity contribution in [3.63, 3.8) is 0 Å². The number of carbonyl (C=O) groups is 3. The normalized spacial score (nSPS) is 11.9. The molecule has 0 fully saturated rings. The lowest BCUT2D eigenvalue weighted by molar-refractivity contribution is 0.0513. The molecular weight excluding hydrogens is 348 g/mol. The van der Waals surface area contributed by atoms with E-state index in [-0.39, 0.29) is 24.1 Å². The predicted octanol–water partition coefficient (Wildman–Crippen LogP) is 3.15. The average Bonchev–Trinajstić information content (AvgIpc) is 3.23. The van der Waals surface area contributed by atoms with Crippen LogP contribution in [0.2, 0.25) is 0 Å². The van der Waals surface area contributed by atoms with Gasteiger partial charge in [0.25, 0.3) is 5.91 Å². The molecule has 27 heavy (non-hydrogen) atoms. The van der Waals surface area contributed by atoms with E-state index in [4.69, 9.17) is 9.15 Å². The van der Waals surface area contributed by atoms with Gasteiger partial charge in [-0.3, -0.25) is 9.59 Å². The Morgan fingerprint density at radius 2 is 1.93 bits per heavy atom. The van der Waals surface area contributed by atoms with Gasteiger partial charge in [-0.05, 0) is 52.3 Å². The van der Waals surface area contributed by atoms with E-state index in [1.54, 1.807) is 58.4 Å². The maximum Gasteiger partial charge on any atom is 0.355 e. The first-order valence-electron chi connectivity index (χ1n) is 8.97. The van der Waals surface area contributed by atoms with Crippen LogP contribution in [-0.2, 0) is 11.8 Å². The fourth-order valence-corrected chi connectivity index (χ4v) is 3.31. The van der Waals surface area contributed by atoms with E-state index < -0.39 is 12.0 Å². The maximum absolute atomic E-state index is 13.2. The Balaban J connectivity index is 2.40. The summed E-state index contributed by atoms with van der Waals surface area (Å²) in [6, 6.07) is 2.49. The van der Waals surface area contributed by atoms with Crippen LogP contribution in [0.5, 0.6) is 0 Å². The minimum absolute atomic E-state index is 0.185. The van der Waals surface area contributed by atoms with Crippen LogP contribution in [0.4, 0.5) is 0 Å². The molecule has 1 amide bonds. The molecule has 0 aliphatic rings. The Morgan fingerprint density at radius 3 is 2.44 bits per heavy atom. The van der Waals surface area contributed by atoms with E-state index in [2.05, 4.69) is 0 Å². The third kappa shape index (κ3) is 3.67. The van der Waals surface area contributed by atoms with Gasteiger partial charge < -0.3 is 18.6 Å². The van der Waals surface area contributed by atoms with Gasteiger partial charge in [0.2, 0.25) is 0 Å². The van der Waals surface area contributed by atoms with Crippen molar-refractivity contribution in [1.82, 2.24) is 9.47 Å². The molecule has 0 radical (unpaired) electrons. The van der Waals surface area contributed by atoms with Gasteiger partial charge in [0.1, 0.15) is 5.69 Å². The standard InChI is InChI=1S/C20H26N2O5/c1-7-22(19(24)15-10-9-11-27-15)14(5)18(23)16-12(3)17(20(25)26-8-2)21(6)13(16)4/h9-11,14H,7-8H2,1-6H3. The summed E-state index contributed by atoms with van der Waals surface area (Å²) >= 11 is 0. The van der Waals surface area contributed by atoms with E-state index >= 15 is 0 Å². The van der Waals surface area contributed by atoms with E-state index in [0.717, 1.165) is 0 Å². The van der Waals surface area contributed by atoms with Crippen molar-refractivity contribution >= 4 is 17.7 Å². The minimum Gasteiger partial charge on any atom is -0.461 e. The Kier molecular flexibility index (Phi) is 6.25. The van der Waals surface area contributed by atoms with Crippen molar-refractivity contribution in [2.75, 3.05) is 13.2 Å². The maximum atomic E-state index is 13.2. The average molecular weight is 374 g/mol. The van der Waals surface area contributed by atoms with Crippen molar-refractivity contribution in [1.29, 1.82) is 0 Å². The summed E-state index contributed by atoms with van der Waals surface area (Å²) < 4.78 is 11.9. The number of esters is 1. The molecule has 2 heterocycles. The van der Waals surface area contributed by atoms with Gasteiger partial charge in [-0.15, -0.1) is 0 Å². The topological polar surface area (TPSA) is 81.8 Å². The quantitative estimate of drug-likeness (QED) is 0.549. The van der Waals surface area contributed by atoms with Crippen molar-refractivity contribution in [2.24, 2.45) is 7.05 Å². The molecule has 0 bridgehead atoms. The molecule has 1 atom stereocenters. The van der Waals surface area contributed by atoms with Crippen molar-refractivity contribution < 1.29 is 23.5 Å². The van der Waals surface area contributed by atoms with Gasteiger partial charge in [0.05, 0.1) is 18.9 Å². The number of nitrogens with zero attached hydrogens (tertiary/aromatic N) is 2. The summed E-state index contributed by atoms with van der Waals surface area (Å²) in [6.45, 7) is 9.33. The van der Waals surface area contributed by atoms with Gasteiger partial charge in [-0.2, -0.15) is 0 Å². The number of likely N-dealkylation sites (N-methyl/N-ethyl adjacent to an activating group) is 1. The van der Waals surface area contributed by atoms with E-state index in [0.29, 0.717) is 29.1 Å². The number of furan rings is 1. The number of hydrogen-bond donors (Lipinski definition) is 0. The van der Waals surface area contributed by atoms with Crippen LogP contribution in [-0.4, -0.2) is 46.3 Å². The zero-order chi connectivity index (χ0) is 20.3. The summed E-state index contributed by atoms with van der Waals surface area (Å²) in [4.78, 5) is 39.6. The zero-order valence-electron chi connectivity index (χ0n) is 16.7. The summed E-state index contributed by atoms with van der Waals surface area (Å²) in [7, 11) is 1.72. The number of amides is 1. The van der Waals surface area contributed by atoms with Crippen LogP contribution in [0.1, 0.15) is 63.4 Å². The second-order valence-corrected chi connectivity index (χ2v) is 6.32. The van der Waals surface area contributed by atoms with Gasteiger partial charge in [-0.25, -0.2) is 4.79 Å². The molecule has 0 saturated heterocycles.